The van der Waals surface area contributed by atoms with Crippen molar-refractivity contribution in [2.45, 2.75) is 26.1 Å². The molecule has 1 fully saturated rings. The minimum atomic E-state index is -2.86. The Morgan fingerprint density at radius 3 is 2.53 bits per heavy atom. The molecule has 0 unspecified atom stereocenters. The highest BCUT2D eigenvalue weighted by Gasteiger charge is 2.34. The van der Waals surface area contributed by atoms with Gasteiger partial charge >= 0.3 is 0 Å². The predicted molar refractivity (Wildman–Crippen MR) is 75.6 cm³/mol. The Morgan fingerprint density at radius 2 is 1.95 bits per heavy atom. The molecule has 2 atom stereocenters. The molecule has 1 aliphatic heterocycles. The van der Waals surface area contributed by atoms with Gasteiger partial charge in [0.2, 0.25) is 0 Å². The van der Waals surface area contributed by atoms with E-state index in [0.29, 0.717) is 18.9 Å². The summed E-state index contributed by atoms with van der Waals surface area (Å²) in [5.41, 5.74) is 2.31. The number of benzene rings is 1. The van der Waals surface area contributed by atoms with Gasteiger partial charge in [-0.2, -0.15) is 0 Å². The molecule has 0 saturated carbocycles. The van der Waals surface area contributed by atoms with Crippen LogP contribution in [0.1, 0.15) is 18.1 Å². The van der Waals surface area contributed by atoms with Crippen LogP contribution in [0.3, 0.4) is 0 Å². The first-order chi connectivity index (χ1) is 9.02. The summed E-state index contributed by atoms with van der Waals surface area (Å²) in [7, 11) is -1.18. The minimum Gasteiger partial charge on any atom is -0.380 e. The highest BCUT2D eigenvalue weighted by atomic mass is 32.2. The largest absolute Gasteiger partial charge is 0.380 e. The summed E-state index contributed by atoms with van der Waals surface area (Å²) in [6, 6.07) is 8.12. The van der Waals surface area contributed by atoms with Gasteiger partial charge in [-0.1, -0.05) is 31.2 Å². The van der Waals surface area contributed by atoms with Gasteiger partial charge in [-0.3, -0.25) is 0 Å². The third-order valence-corrected chi connectivity index (χ3v) is 5.51. The molecule has 0 bridgehead atoms. The number of sulfone groups is 1. The fourth-order valence-corrected chi connectivity index (χ4v) is 4.71. The third-order valence-electron chi connectivity index (χ3n) is 3.61. The molecule has 106 valence electrons. The van der Waals surface area contributed by atoms with E-state index in [1.807, 2.05) is 25.1 Å². The van der Waals surface area contributed by atoms with Gasteiger partial charge in [-0.05, 0) is 17.0 Å². The zero-order valence-electron chi connectivity index (χ0n) is 11.4. The smallest absolute Gasteiger partial charge is 0.152 e. The van der Waals surface area contributed by atoms with Gasteiger partial charge in [-0.25, -0.2) is 8.42 Å². The maximum atomic E-state index is 11.6. The fraction of sp³-hybridized carbons (Fsp3) is 0.571. The van der Waals surface area contributed by atoms with Crippen molar-refractivity contribution in [3.8, 4) is 0 Å². The number of hydrogen-bond acceptors (Lipinski definition) is 4. The first kappa shape index (κ1) is 14.5. The predicted octanol–water partition coefficient (Wildman–Crippen LogP) is 1.36. The first-order valence-corrected chi connectivity index (χ1v) is 8.33. The molecule has 0 radical (unpaired) electrons. The lowest BCUT2D eigenvalue weighted by molar-refractivity contribution is 0.184. The number of rotatable bonds is 5. The van der Waals surface area contributed by atoms with E-state index in [0.717, 1.165) is 5.56 Å². The van der Waals surface area contributed by atoms with Crippen LogP contribution in [0.2, 0.25) is 0 Å². The Morgan fingerprint density at radius 1 is 1.26 bits per heavy atom. The quantitative estimate of drug-likeness (QED) is 0.886. The minimum absolute atomic E-state index is 0.0561. The SMILES string of the molecule is COCc1ccccc1CN[C@@H]1CS(=O)(=O)C[C@@H]1C. The third kappa shape index (κ3) is 3.78. The Balaban J connectivity index is 1.99. The van der Waals surface area contributed by atoms with Crippen molar-refractivity contribution < 1.29 is 13.2 Å². The van der Waals surface area contributed by atoms with Crippen molar-refractivity contribution in [3.05, 3.63) is 35.4 Å². The van der Waals surface area contributed by atoms with E-state index < -0.39 is 9.84 Å². The van der Waals surface area contributed by atoms with Crippen molar-refractivity contribution in [1.82, 2.24) is 5.32 Å². The standard InChI is InChI=1S/C14H21NO3S/c1-11-9-19(16,17)10-14(11)15-7-12-5-3-4-6-13(12)8-18-2/h3-6,11,14-15H,7-10H2,1-2H3/t11-,14+/m0/s1. The van der Waals surface area contributed by atoms with E-state index in [-0.39, 0.29) is 17.7 Å². The second-order valence-corrected chi connectivity index (χ2v) is 7.40. The average Bonchev–Trinajstić information content (AvgIpc) is 2.61. The van der Waals surface area contributed by atoms with Gasteiger partial charge in [0.15, 0.2) is 9.84 Å². The van der Waals surface area contributed by atoms with Crippen LogP contribution in [0.15, 0.2) is 24.3 Å². The van der Waals surface area contributed by atoms with Crippen molar-refractivity contribution in [1.29, 1.82) is 0 Å². The second kappa shape index (κ2) is 6.03. The molecule has 1 saturated heterocycles. The Kier molecular flexibility index (Phi) is 4.60. The van der Waals surface area contributed by atoms with Crippen LogP contribution in [0.4, 0.5) is 0 Å². The normalized spacial score (nSPS) is 25.6. The molecular weight excluding hydrogens is 262 g/mol. The van der Waals surface area contributed by atoms with Crippen molar-refractivity contribution in [2.24, 2.45) is 5.92 Å². The highest BCUT2D eigenvalue weighted by molar-refractivity contribution is 7.91. The molecule has 19 heavy (non-hydrogen) atoms. The highest BCUT2D eigenvalue weighted by Crippen LogP contribution is 2.19. The topological polar surface area (TPSA) is 55.4 Å². The lowest BCUT2D eigenvalue weighted by atomic mass is 10.0. The van der Waals surface area contributed by atoms with Crippen molar-refractivity contribution in [3.63, 3.8) is 0 Å². The molecule has 5 heteroatoms. The van der Waals surface area contributed by atoms with Gasteiger partial charge in [0, 0.05) is 19.7 Å². The molecule has 1 heterocycles. The van der Waals surface area contributed by atoms with E-state index in [9.17, 15) is 8.42 Å². The summed E-state index contributed by atoms with van der Waals surface area (Å²) in [6.45, 7) is 3.25. The van der Waals surface area contributed by atoms with E-state index in [4.69, 9.17) is 4.74 Å². The Bertz CT molecular complexity index is 527. The van der Waals surface area contributed by atoms with E-state index >= 15 is 0 Å². The molecule has 1 N–H and O–H groups in total. The second-order valence-electron chi connectivity index (χ2n) is 5.24. The summed E-state index contributed by atoms with van der Waals surface area (Å²) < 4.78 is 28.3. The molecule has 1 aromatic carbocycles. The summed E-state index contributed by atoms with van der Waals surface area (Å²) in [5.74, 6) is 0.727. The van der Waals surface area contributed by atoms with Crippen LogP contribution in [-0.2, 0) is 27.7 Å². The number of nitrogens with one attached hydrogen (secondary N) is 1. The monoisotopic (exact) mass is 283 g/mol. The van der Waals surface area contributed by atoms with Crippen molar-refractivity contribution >= 4 is 9.84 Å². The van der Waals surface area contributed by atoms with Crippen LogP contribution < -0.4 is 5.32 Å². The van der Waals surface area contributed by atoms with Gasteiger partial charge < -0.3 is 10.1 Å². The Labute approximate surface area is 115 Å². The number of ether oxygens (including phenoxy) is 1. The zero-order valence-corrected chi connectivity index (χ0v) is 12.2. The fourth-order valence-electron chi connectivity index (χ4n) is 2.55. The van der Waals surface area contributed by atoms with Crippen LogP contribution in [0.25, 0.3) is 0 Å². The molecule has 1 aromatic rings. The van der Waals surface area contributed by atoms with Gasteiger partial charge in [-0.15, -0.1) is 0 Å². The molecule has 2 rings (SSSR count). The van der Waals surface area contributed by atoms with Crippen LogP contribution in [-0.4, -0.2) is 33.1 Å². The molecule has 4 nitrogen and oxygen atoms in total. The summed E-state index contributed by atoms with van der Waals surface area (Å²) >= 11 is 0. The lowest BCUT2D eigenvalue weighted by Gasteiger charge is -2.17. The number of hydrogen-bond donors (Lipinski definition) is 1. The van der Waals surface area contributed by atoms with Crippen LogP contribution >= 0.6 is 0 Å². The summed E-state index contributed by atoms with van der Waals surface area (Å²) in [6.07, 6.45) is 0. The van der Waals surface area contributed by atoms with Crippen molar-refractivity contribution in [2.75, 3.05) is 18.6 Å². The average molecular weight is 283 g/mol. The molecular formula is C14H21NO3S. The zero-order chi connectivity index (χ0) is 13.9. The van der Waals surface area contributed by atoms with E-state index in [2.05, 4.69) is 11.4 Å². The summed E-state index contributed by atoms with van der Waals surface area (Å²) in [4.78, 5) is 0. The molecule has 0 aliphatic carbocycles. The number of methoxy groups -OCH3 is 1. The van der Waals surface area contributed by atoms with E-state index in [1.54, 1.807) is 7.11 Å². The molecule has 0 spiro atoms. The maximum absolute atomic E-state index is 11.6. The summed E-state index contributed by atoms with van der Waals surface area (Å²) in [5, 5.41) is 3.37. The maximum Gasteiger partial charge on any atom is 0.152 e. The molecule has 1 aliphatic rings. The van der Waals surface area contributed by atoms with Crippen LogP contribution in [0, 0.1) is 5.92 Å². The molecule has 0 aromatic heterocycles. The van der Waals surface area contributed by atoms with Gasteiger partial charge in [0.25, 0.3) is 0 Å². The first-order valence-electron chi connectivity index (χ1n) is 6.51. The van der Waals surface area contributed by atoms with Crippen LogP contribution in [0.5, 0.6) is 0 Å². The Hall–Kier alpha value is -0.910. The molecule has 0 amide bonds. The lowest BCUT2D eigenvalue weighted by Crippen LogP contribution is -2.34. The van der Waals surface area contributed by atoms with Gasteiger partial charge in [0.05, 0.1) is 18.1 Å². The van der Waals surface area contributed by atoms with E-state index in [1.165, 1.54) is 5.56 Å². The van der Waals surface area contributed by atoms with Gasteiger partial charge in [0.1, 0.15) is 0 Å².